The lowest BCUT2D eigenvalue weighted by Gasteiger charge is -2.37. The summed E-state index contributed by atoms with van der Waals surface area (Å²) in [6, 6.07) is 8.05. The zero-order chi connectivity index (χ0) is 17.6. The van der Waals surface area contributed by atoms with Crippen LogP contribution < -0.4 is 4.74 Å². The lowest BCUT2D eigenvalue weighted by molar-refractivity contribution is 0.118. The van der Waals surface area contributed by atoms with Gasteiger partial charge in [0.05, 0.1) is 20.3 Å². The summed E-state index contributed by atoms with van der Waals surface area (Å²) in [6.45, 7) is 5.14. The molecule has 25 heavy (non-hydrogen) atoms. The third kappa shape index (κ3) is 3.97. The molecule has 0 amide bonds. The Morgan fingerprint density at radius 3 is 2.60 bits per heavy atom. The number of nitrogens with zero attached hydrogens (tertiary/aromatic N) is 6. The first kappa shape index (κ1) is 17.8. The van der Waals surface area contributed by atoms with Crippen LogP contribution in [0.2, 0.25) is 0 Å². The van der Waals surface area contributed by atoms with Gasteiger partial charge in [-0.05, 0) is 23.5 Å². The molecule has 0 spiro atoms. The van der Waals surface area contributed by atoms with Crippen molar-refractivity contribution < 1.29 is 9.47 Å². The Hall–Kier alpha value is -2.03. The Balaban J connectivity index is 1.99. The standard InChI is InChI=1S/C17H26N6O2/c1-21-8-10-22(11-9-21)16(14-6-4-5-7-15(14)25-3)17-18-19-20-23(17)12-13-24-2/h4-7,16H,8-13H2,1-3H3/t16-/m0/s1. The van der Waals surface area contributed by atoms with Gasteiger partial charge in [-0.1, -0.05) is 18.2 Å². The van der Waals surface area contributed by atoms with Crippen LogP contribution >= 0.6 is 0 Å². The number of ether oxygens (including phenoxy) is 2. The minimum atomic E-state index is -0.0447. The predicted octanol–water partition coefficient (Wildman–Crippen LogP) is 0.665. The first-order chi connectivity index (χ1) is 12.2. The highest BCUT2D eigenvalue weighted by Crippen LogP contribution is 2.33. The Labute approximate surface area is 148 Å². The highest BCUT2D eigenvalue weighted by molar-refractivity contribution is 5.39. The summed E-state index contributed by atoms with van der Waals surface area (Å²) in [5, 5.41) is 12.4. The van der Waals surface area contributed by atoms with Crippen molar-refractivity contribution >= 4 is 0 Å². The highest BCUT2D eigenvalue weighted by atomic mass is 16.5. The molecule has 1 atom stereocenters. The highest BCUT2D eigenvalue weighted by Gasteiger charge is 2.31. The van der Waals surface area contributed by atoms with Crippen molar-refractivity contribution in [3.8, 4) is 5.75 Å². The molecule has 0 bridgehead atoms. The van der Waals surface area contributed by atoms with Gasteiger partial charge >= 0.3 is 0 Å². The molecular formula is C17H26N6O2. The Morgan fingerprint density at radius 2 is 1.88 bits per heavy atom. The number of tetrazole rings is 1. The summed E-state index contributed by atoms with van der Waals surface area (Å²) >= 11 is 0. The first-order valence-corrected chi connectivity index (χ1v) is 8.55. The maximum atomic E-state index is 5.62. The topological polar surface area (TPSA) is 68.5 Å². The van der Waals surface area contributed by atoms with Crippen molar-refractivity contribution in [2.24, 2.45) is 0 Å². The molecule has 136 valence electrons. The van der Waals surface area contributed by atoms with Crippen LogP contribution in [-0.4, -0.2) is 84.1 Å². The van der Waals surface area contributed by atoms with Gasteiger partial charge in [-0.15, -0.1) is 5.10 Å². The number of likely N-dealkylation sites (N-methyl/N-ethyl adjacent to an activating group) is 1. The maximum Gasteiger partial charge on any atom is 0.173 e. The molecule has 1 aromatic heterocycles. The van der Waals surface area contributed by atoms with Crippen molar-refractivity contribution in [1.82, 2.24) is 30.0 Å². The molecule has 1 aliphatic rings. The van der Waals surface area contributed by atoms with Crippen molar-refractivity contribution in [3.63, 3.8) is 0 Å². The summed E-state index contributed by atoms with van der Waals surface area (Å²) in [5.41, 5.74) is 1.09. The van der Waals surface area contributed by atoms with E-state index in [1.807, 2.05) is 22.9 Å². The van der Waals surface area contributed by atoms with Gasteiger partial charge in [0.2, 0.25) is 0 Å². The summed E-state index contributed by atoms with van der Waals surface area (Å²) < 4.78 is 12.6. The van der Waals surface area contributed by atoms with Gasteiger partial charge in [0.1, 0.15) is 11.8 Å². The van der Waals surface area contributed by atoms with E-state index in [4.69, 9.17) is 9.47 Å². The molecule has 8 heteroatoms. The summed E-state index contributed by atoms with van der Waals surface area (Å²) in [4.78, 5) is 4.76. The van der Waals surface area contributed by atoms with Crippen LogP contribution in [0.5, 0.6) is 5.75 Å². The number of piperazine rings is 1. The monoisotopic (exact) mass is 346 g/mol. The van der Waals surface area contributed by atoms with Crippen LogP contribution in [0.1, 0.15) is 17.4 Å². The number of benzene rings is 1. The van der Waals surface area contributed by atoms with E-state index >= 15 is 0 Å². The van der Waals surface area contributed by atoms with E-state index in [1.165, 1.54) is 0 Å². The molecule has 1 aromatic carbocycles. The average molecular weight is 346 g/mol. The fourth-order valence-electron chi connectivity index (χ4n) is 3.22. The molecule has 0 N–H and O–H groups in total. The zero-order valence-electron chi connectivity index (χ0n) is 15.1. The summed E-state index contributed by atoms with van der Waals surface area (Å²) in [7, 11) is 5.54. The van der Waals surface area contributed by atoms with E-state index in [0.29, 0.717) is 13.2 Å². The van der Waals surface area contributed by atoms with Crippen molar-refractivity contribution in [2.45, 2.75) is 12.6 Å². The Kier molecular flexibility index (Phi) is 5.95. The molecule has 1 fully saturated rings. The quantitative estimate of drug-likeness (QED) is 0.730. The largest absolute Gasteiger partial charge is 0.496 e. The Bertz CT molecular complexity index is 669. The van der Waals surface area contributed by atoms with Crippen LogP contribution in [0.4, 0.5) is 0 Å². The molecule has 3 rings (SSSR count). The van der Waals surface area contributed by atoms with E-state index in [1.54, 1.807) is 14.2 Å². The third-order valence-corrected chi connectivity index (χ3v) is 4.65. The fraction of sp³-hybridized carbons (Fsp3) is 0.588. The van der Waals surface area contributed by atoms with E-state index in [0.717, 1.165) is 43.3 Å². The molecule has 0 saturated carbocycles. The number of aromatic nitrogens is 4. The van der Waals surface area contributed by atoms with Crippen molar-refractivity contribution in [1.29, 1.82) is 0 Å². The van der Waals surface area contributed by atoms with E-state index in [9.17, 15) is 0 Å². The molecule has 2 heterocycles. The second-order valence-electron chi connectivity index (χ2n) is 6.24. The number of rotatable bonds is 7. The molecule has 0 unspecified atom stereocenters. The number of methoxy groups -OCH3 is 2. The molecule has 1 aliphatic heterocycles. The van der Waals surface area contributed by atoms with Gasteiger partial charge in [0.15, 0.2) is 5.82 Å². The lowest BCUT2D eigenvalue weighted by Crippen LogP contribution is -2.46. The molecule has 8 nitrogen and oxygen atoms in total. The van der Waals surface area contributed by atoms with Gasteiger partial charge in [-0.3, -0.25) is 4.90 Å². The molecule has 1 saturated heterocycles. The summed E-state index contributed by atoms with van der Waals surface area (Å²) in [6.07, 6.45) is 0. The maximum absolute atomic E-state index is 5.62. The van der Waals surface area contributed by atoms with Crippen LogP contribution in [0.25, 0.3) is 0 Å². The van der Waals surface area contributed by atoms with Gasteiger partial charge in [0, 0.05) is 38.9 Å². The van der Waals surface area contributed by atoms with E-state index in [2.05, 4.69) is 38.4 Å². The second kappa shape index (κ2) is 8.37. The fourth-order valence-corrected chi connectivity index (χ4v) is 3.22. The number of para-hydroxylation sites is 1. The number of hydrogen-bond acceptors (Lipinski definition) is 7. The molecule has 0 radical (unpaired) electrons. The predicted molar refractivity (Wildman–Crippen MR) is 93.6 cm³/mol. The zero-order valence-corrected chi connectivity index (χ0v) is 15.1. The normalized spacial score (nSPS) is 17.6. The summed E-state index contributed by atoms with van der Waals surface area (Å²) in [5.74, 6) is 1.68. The van der Waals surface area contributed by atoms with Crippen molar-refractivity contribution in [2.75, 3.05) is 54.1 Å². The Morgan fingerprint density at radius 1 is 1.12 bits per heavy atom. The van der Waals surface area contributed by atoms with E-state index < -0.39 is 0 Å². The smallest absolute Gasteiger partial charge is 0.173 e. The lowest BCUT2D eigenvalue weighted by atomic mass is 10.0. The van der Waals surface area contributed by atoms with Crippen LogP contribution in [0, 0.1) is 0 Å². The molecule has 2 aromatic rings. The van der Waals surface area contributed by atoms with Crippen LogP contribution in [0.3, 0.4) is 0 Å². The molecule has 0 aliphatic carbocycles. The number of hydrogen-bond donors (Lipinski definition) is 0. The van der Waals surface area contributed by atoms with Crippen LogP contribution in [-0.2, 0) is 11.3 Å². The van der Waals surface area contributed by atoms with Gasteiger partial charge < -0.3 is 14.4 Å². The van der Waals surface area contributed by atoms with Gasteiger partial charge in [-0.25, -0.2) is 4.68 Å². The SMILES string of the molecule is COCCn1nnnc1[C@H](c1ccccc1OC)N1CCN(C)CC1. The van der Waals surface area contributed by atoms with Crippen molar-refractivity contribution in [3.05, 3.63) is 35.7 Å². The van der Waals surface area contributed by atoms with Gasteiger partial charge in [-0.2, -0.15) is 0 Å². The minimum Gasteiger partial charge on any atom is -0.496 e. The van der Waals surface area contributed by atoms with E-state index in [-0.39, 0.29) is 6.04 Å². The minimum absolute atomic E-state index is 0.0447. The van der Waals surface area contributed by atoms with Gasteiger partial charge in [0.25, 0.3) is 0 Å². The van der Waals surface area contributed by atoms with Crippen LogP contribution in [0.15, 0.2) is 24.3 Å². The molecular weight excluding hydrogens is 320 g/mol. The second-order valence-corrected chi connectivity index (χ2v) is 6.24. The first-order valence-electron chi connectivity index (χ1n) is 8.55. The average Bonchev–Trinajstić information content (AvgIpc) is 3.10. The third-order valence-electron chi connectivity index (χ3n) is 4.65.